The number of benzene rings is 2. The molecule has 0 radical (unpaired) electrons. The molecule has 0 bridgehead atoms. The number of nitrogens with zero attached hydrogens (tertiary/aromatic N) is 1. The summed E-state index contributed by atoms with van der Waals surface area (Å²) in [5, 5.41) is 2.06. The lowest BCUT2D eigenvalue weighted by Crippen LogP contribution is -2.24. The van der Waals surface area contributed by atoms with Gasteiger partial charge in [-0.3, -0.25) is 19.3 Å². The molecule has 0 aliphatic carbocycles. The van der Waals surface area contributed by atoms with Crippen LogP contribution in [-0.4, -0.2) is 29.7 Å². The molecule has 2 aromatic carbocycles. The fourth-order valence-electron chi connectivity index (χ4n) is 2.66. The normalized spacial score (nSPS) is 14.0. The molecule has 0 saturated carbocycles. The van der Waals surface area contributed by atoms with Gasteiger partial charge in [-0.1, -0.05) is 17.7 Å². The minimum absolute atomic E-state index is 0.142. The second-order valence-electron chi connectivity index (χ2n) is 5.99. The molecule has 3 rings (SSSR count). The number of amides is 3. The molecule has 0 fully saturated rings. The van der Waals surface area contributed by atoms with Gasteiger partial charge in [0, 0.05) is 18.8 Å². The number of carbonyl (C=O) groups is 3. The third-order valence-electron chi connectivity index (χ3n) is 4.08. The van der Waals surface area contributed by atoms with Gasteiger partial charge in [-0.25, -0.2) is 0 Å². The van der Waals surface area contributed by atoms with Crippen molar-refractivity contribution < 1.29 is 27.6 Å². The Morgan fingerprint density at radius 3 is 2.43 bits per heavy atom. The molecule has 144 valence electrons. The van der Waals surface area contributed by atoms with Gasteiger partial charge >= 0.3 is 6.18 Å². The van der Waals surface area contributed by atoms with Crippen LogP contribution in [0.4, 0.5) is 18.9 Å². The standard InChI is InChI=1S/C19H12ClF3N2O3/c1-25-17(27)12-5-4-11(9-13(12)18(25)28)24-16(26)7-3-10-2-6-15(20)14(8-10)19(21,22)23/h2-9H,1H3,(H,24,26)/b7-3+. The maximum absolute atomic E-state index is 12.9. The van der Waals surface area contributed by atoms with E-state index in [0.29, 0.717) is 0 Å². The predicted molar refractivity (Wildman–Crippen MR) is 97.0 cm³/mol. The van der Waals surface area contributed by atoms with Crippen molar-refractivity contribution >= 4 is 41.1 Å². The minimum atomic E-state index is -4.61. The van der Waals surface area contributed by atoms with Crippen LogP contribution >= 0.6 is 11.6 Å². The van der Waals surface area contributed by atoms with Crippen LogP contribution in [0.5, 0.6) is 0 Å². The van der Waals surface area contributed by atoms with Crippen molar-refractivity contribution in [2.75, 3.05) is 12.4 Å². The van der Waals surface area contributed by atoms with Crippen molar-refractivity contribution in [3.8, 4) is 0 Å². The van der Waals surface area contributed by atoms with E-state index in [2.05, 4.69) is 5.32 Å². The number of fused-ring (bicyclic) bond motifs is 1. The van der Waals surface area contributed by atoms with E-state index in [0.717, 1.165) is 23.1 Å². The molecule has 1 aliphatic heterocycles. The van der Waals surface area contributed by atoms with Gasteiger partial charge in [0.25, 0.3) is 11.8 Å². The van der Waals surface area contributed by atoms with Crippen LogP contribution in [0.15, 0.2) is 42.5 Å². The monoisotopic (exact) mass is 408 g/mol. The molecule has 0 unspecified atom stereocenters. The first-order chi connectivity index (χ1) is 13.1. The fourth-order valence-corrected chi connectivity index (χ4v) is 2.88. The van der Waals surface area contributed by atoms with E-state index < -0.39 is 34.5 Å². The summed E-state index contributed by atoms with van der Waals surface area (Å²) in [5.41, 5.74) is -0.175. The number of imide groups is 1. The van der Waals surface area contributed by atoms with Crippen molar-refractivity contribution in [2.24, 2.45) is 0 Å². The van der Waals surface area contributed by atoms with Crippen molar-refractivity contribution in [1.29, 1.82) is 0 Å². The highest BCUT2D eigenvalue weighted by Crippen LogP contribution is 2.35. The SMILES string of the molecule is CN1C(=O)c2ccc(NC(=O)/C=C/c3ccc(Cl)c(C(F)(F)F)c3)cc2C1=O. The van der Waals surface area contributed by atoms with Gasteiger partial charge < -0.3 is 5.32 Å². The maximum Gasteiger partial charge on any atom is 0.417 e. The maximum atomic E-state index is 12.9. The van der Waals surface area contributed by atoms with Crippen LogP contribution in [0.3, 0.4) is 0 Å². The number of carbonyl (C=O) groups excluding carboxylic acids is 3. The first-order valence-corrected chi connectivity index (χ1v) is 8.28. The Morgan fingerprint density at radius 2 is 1.75 bits per heavy atom. The van der Waals surface area contributed by atoms with E-state index in [1.807, 2.05) is 0 Å². The molecular weight excluding hydrogens is 397 g/mol. The lowest BCUT2D eigenvalue weighted by molar-refractivity contribution is -0.137. The van der Waals surface area contributed by atoms with E-state index in [9.17, 15) is 27.6 Å². The Kier molecular flexibility index (Phi) is 4.99. The van der Waals surface area contributed by atoms with Gasteiger partial charge in [0.2, 0.25) is 5.91 Å². The Morgan fingerprint density at radius 1 is 1.07 bits per heavy atom. The summed E-state index contributed by atoms with van der Waals surface area (Å²) in [6, 6.07) is 7.53. The van der Waals surface area contributed by atoms with Gasteiger partial charge in [-0.2, -0.15) is 13.2 Å². The second-order valence-corrected chi connectivity index (χ2v) is 6.40. The molecule has 0 aromatic heterocycles. The summed E-state index contributed by atoms with van der Waals surface area (Å²) in [4.78, 5) is 36.8. The number of alkyl halides is 3. The molecule has 2 aromatic rings. The van der Waals surface area contributed by atoms with Crippen LogP contribution in [0.1, 0.15) is 31.8 Å². The van der Waals surface area contributed by atoms with Crippen LogP contribution in [-0.2, 0) is 11.0 Å². The number of nitrogens with one attached hydrogen (secondary N) is 1. The highest BCUT2D eigenvalue weighted by Gasteiger charge is 2.33. The molecule has 1 aliphatic rings. The summed E-state index contributed by atoms with van der Waals surface area (Å²) >= 11 is 5.55. The van der Waals surface area contributed by atoms with Crippen molar-refractivity contribution in [3.05, 3.63) is 69.8 Å². The van der Waals surface area contributed by atoms with Gasteiger partial charge in [0.1, 0.15) is 0 Å². The predicted octanol–water partition coefficient (Wildman–Crippen LogP) is 4.24. The quantitative estimate of drug-likeness (QED) is 0.610. The molecule has 1 heterocycles. The van der Waals surface area contributed by atoms with E-state index in [-0.39, 0.29) is 22.4 Å². The average molecular weight is 409 g/mol. The van der Waals surface area contributed by atoms with Crippen LogP contribution in [0, 0.1) is 0 Å². The minimum Gasteiger partial charge on any atom is -0.322 e. The molecule has 9 heteroatoms. The molecule has 0 saturated heterocycles. The highest BCUT2D eigenvalue weighted by atomic mass is 35.5. The first kappa shape index (κ1) is 19.6. The highest BCUT2D eigenvalue weighted by molar-refractivity contribution is 6.31. The number of rotatable bonds is 3. The molecule has 5 nitrogen and oxygen atoms in total. The summed E-state index contributed by atoms with van der Waals surface area (Å²) in [7, 11) is 1.35. The van der Waals surface area contributed by atoms with E-state index in [4.69, 9.17) is 11.6 Å². The fraction of sp³-hybridized carbons (Fsp3) is 0.105. The van der Waals surface area contributed by atoms with Crippen molar-refractivity contribution in [1.82, 2.24) is 4.90 Å². The van der Waals surface area contributed by atoms with E-state index in [1.165, 1.54) is 37.4 Å². The number of halogens is 4. The Bertz CT molecular complexity index is 1030. The molecule has 0 spiro atoms. The van der Waals surface area contributed by atoms with Gasteiger partial charge in [0.05, 0.1) is 21.7 Å². The largest absolute Gasteiger partial charge is 0.417 e. The average Bonchev–Trinajstić information content (AvgIpc) is 2.84. The Hall–Kier alpha value is -3.13. The number of hydrogen-bond donors (Lipinski definition) is 1. The molecule has 0 atom stereocenters. The lowest BCUT2D eigenvalue weighted by atomic mass is 10.1. The van der Waals surface area contributed by atoms with Crippen LogP contribution < -0.4 is 5.32 Å². The Labute approximate surface area is 162 Å². The topological polar surface area (TPSA) is 66.5 Å². The zero-order valence-corrected chi connectivity index (χ0v) is 15.1. The second kappa shape index (κ2) is 7.12. The first-order valence-electron chi connectivity index (χ1n) is 7.90. The lowest BCUT2D eigenvalue weighted by Gasteiger charge is -2.09. The smallest absolute Gasteiger partial charge is 0.322 e. The molecule has 1 N–H and O–H groups in total. The summed E-state index contributed by atoms with van der Waals surface area (Å²) in [6.07, 6.45) is -2.35. The summed E-state index contributed by atoms with van der Waals surface area (Å²) < 4.78 is 38.6. The van der Waals surface area contributed by atoms with Crippen molar-refractivity contribution in [2.45, 2.75) is 6.18 Å². The number of hydrogen-bond acceptors (Lipinski definition) is 3. The van der Waals surface area contributed by atoms with Crippen LogP contribution in [0.25, 0.3) is 6.08 Å². The Balaban J connectivity index is 1.75. The third-order valence-corrected chi connectivity index (χ3v) is 4.41. The van der Waals surface area contributed by atoms with Gasteiger partial charge in [-0.05, 0) is 42.0 Å². The summed E-state index contributed by atoms with van der Waals surface area (Å²) in [5.74, 6) is -1.53. The third kappa shape index (κ3) is 3.77. The zero-order chi connectivity index (χ0) is 20.6. The molecule has 28 heavy (non-hydrogen) atoms. The molecular formula is C19H12ClF3N2O3. The van der Waals surface area contributed by atoms with Crippen LogP contribution in [0.2, 0.25) is 5.02 Å². The van der Waals surface area contributed by atoms with E-state index >= 15 is 0 Å². The summed E-state index contributed by atoms with van der Waals surface area (Å²) in [6.45, 7) is 0. The van der Waals surface area contributed by atoms with Gasteiger partial charge in [0.15, 0.2) is 0 Å². The van der Waals surface area contributed by atoms with E-state index in [1.54, 1.807) is 0 Å². The molecule has 3 amide bonds. The van der Waals surface area contributed by atoms with Gasteiger partial charge in [-0.15, -0.1) is 0 Å². The number of anilines is 1. The van der Waals surface area contributed by atoms with Crippen molar-refractivity contribution in [3.63, 3.8) is 0 Å². The zero-order valence-electron chi connectivity index (χ0n) is 14.3.